The smallest absolute Gasteiger partial charge is 0.0706 e. The molecular weight excluding hydrogens is 202 g/mol. The summed E-state index contributed by atoms with van der Waals surface area (Å²) in [7, 11) is 1.73. The molecule has 2 heterocycles. The van der Waals surface area contributed by atoms with E-state index in [1.165, 1.54) is 11.1 Å². The monoisotopic (exact) mass is 219 g/mol. The molecule has 0 aliphatic carbocycles. The number of nitrogens with zero attached hydrogens (tertiary/aromatic N) is 2. The van der Waals surface area contributed by atoms with Gasteiger partial charge in [-0.2, -0.15) is 5.10 Å². The highest BCUT2D eigenvalue weighted by Gasteiger charge is 2.01. The Kier molecular flexibility index (Phi) is 3.91. The second-order valence-electron chi connectivity index (χ2n) is 3.72. The van der Waals surface area contributed by atoms with Crippen LogP contribution in [-0.4, -0.2) is 29.9 Å². The van der Waals surface area contributed by atoms with Crippen molar-refractivity contribution in [2.75, 3.05) is 20.3 Å². The molecule has 0 fully saturated rings. The second kappa shape index (κ2) is 5.63. The lowest BCUT2D eigenvalue weighted by Gasteiger charge is -2.02. The first-order chi connectivity index (χ1) is 7.92. The van der Waals surface area contributed by atoms with Gasteiger partial charge in [-0.15, -0.1) is 0 Å². The molecule has 4 heteroatoms. The highest BCUT2D eigenvalue weighted by atomic mass is 16.5. The van der Waals surface area contributed by atoms with Crippen LogP contribution in [0.4, 0.5) is 0 Å². The number of nitrogens with one attached hydrogen (secondary N) is 1. The van der Waals surface area contributed by atoms with Crippen LogP contribution in [0.1, 0.15) is 12.0 Å². The third-order valence-corrected chi connectivity index (χ3v) is 2.52. The van der Waals surface area contributed by atoms with Gasteiger partial charge < -0.3 is 10.1 Å². The molecule has 0 aliphatic rings. The fourth-order valence-electron chi connectivity index (χ4n) is 1.69. The van der Waals surface area contributed by atoms with E-state index in [0.717, 1.165) is 26.1 Å². The Morgan fingerprint density at radius 2 is 2.38 bits per heavy atom. The molecule has 0 aromatic carbocycles. The SMILES string of the molecule is COCCCNCc1cnn2ccccc12. The topological polar surface area (TPSA) is 38.6 Å². The molecule has 0 saturated heterocycles. The summed E-state index contributed by atoms with van der Waals surface area (Å²) in [5.74, 6) is 0. The molecule has 16 heavy (non-hydrogen) atoms. The van der Waals surface area contributed by atoms with Crippen molar-refractivity contribution in [1.29, 1.82) is 0 Å². The van der Waals surface area contributed by atoms with Crippen molar-refractivity contribution < 1.29 is 4.74 Å². The van der Waals surface area contributed by atoms with Crippen LogP contribution >= 0.6 is 0 Å². The third kappa shape index (κ3) is 2.59. The maximum atomic E-state index is 4.99. The Morgan fingerprint density at radius 1 is 1.44 bits per heavy atom. The molecule has 0 spiro atoms. The summed E-state index contributed by atoms with van der Waals surface area (Å²) in [6, 6.07) is 6.10. The third-order valence-electron chi connectivity index (χ3n) is 2.52. The zero-order valence-corrected chi connectivity index (χ0v) is 9.52. The number of methoxy groups -OCH3 is 1. The summed E-state index contributed by atoms with van der Waals surface area (Å²) in [4.78, 5) is 0. The minimum atomic E-state index is 0.807. The van der Waals surface area contributed by atoms with Gasteiger partial charge in [0.15, 0.2) is 0 Å². The number of hydrogen-bond donors (Lipinski definition) is 1. The van der Waals surface area contributed by atoms with Crippen LogP contribution in [-0.2, 0) is 11.3 Å². The van der Waals surface area contributed by atoms with E-state index >= 15 is 0 Å². The minimum absolute atomic E-state index is 0.807. The number of ether oxygens (including phenoxy) is 1. The van der Waals surface area contributed by atoms with E-state index in [-0.39, 0.29) is 0 Å². The van der Waals surface area contributed by atoms with Crippen molar-refractivity contribution in [2.45, 2.75) is 13.0 Å². The summed E-state index contributed by atoms with van der Waals surface area (Å²) >= 11 is 0. The van der Waals surface area contributed by atoms with Crippen LogP contribution in [0.5, 0.6) is 0 Å². The summed E-state index contributed by atoms with van der Waals surface area (Å²) in [5.41, 5.74) is 2.40. The van der Waals surface area contributed by atoms with Crippen LogP contribution < -0.4 is 5.32 Å². The van der Waals surface area contributed by atoms with Crippen molar-refractivity contribution in [1.82, 2.24) is 14.9 Å². The summed E-state index contributed by atoms with van der Waals surface area (Å²) in [5, 5.41) is 7.67. The lowest BCUT2D eigenvalue weighted by molar-refractivity contribution is 0.194. The summed E-state index contributed by atoms with van der Waals surface area (Å²) in [6.07, 6.45) is 4.91. The van der Waals surface area contributed by atoms with Gasteiger partial charge in [0.1, 0.15) is 0 Å². The van der Waals surface area contributed by atoms with Crippen molar-refractivity contribution in [3.05, 3.63) is 36.2 Å². The minimum Gasteiger partial charge on any atom is -0.385 e. The molecule has 2 aromatic heterocycles. The maximum absolute atomic E-state index is 4.99. The number of rotatable bonds is 6. The van der Waals surface area contributed by atoms with Gasteiger partial charge in [-0.05, 0) is 25.1 Å². The fraction of sp³-hybridized carbons (Fsp3) is 0.417. The second-order valence-corrected chi connectivity index (χ2v) is 3.72. The van der Waals surface area contributed by atoms with Gasteiger partial charge in [0.25, 0.3) is 0 Å². The molecule has 2 rings (SSSR count). The van der Waals surface area contributed by atoms with Crippen molar-refractivity contribution >= 4 is 5.52 Å². The molecular formula is C12H17N3O. The van der Waals surface area contributed by atoms with Crippen LogP contribution in [0.15, 0.2) is 30.6 Å². The van der Waals surface area contributed by atoms with E-state index in [1.807, 2.05) is 29.0 Å². The van der Waals surface area contributed by atoms with Gasteiger partial charge in [-0.25, -0.2) is 4.52 Å². The normalized spacial score (nSPS) is 11.1. The van der Waals surface area contributed by atoms with Crippen molar-refractivity contribution in [3.8, 4) is 0 Å². The molecule has 0 unspecified atom stereocenters. The molecule has 0 bridgehead atoms. The Hall–Kier alpha value is -1.39. The molecule has 1 N–H and O–H groups in total. The zero-order chi connectivity index (χ0) is 11.2. The summed E-state index contributed by atoms with van der Waals surface area (Å²) in [6.45, 7) is 2.64. The predicted molar refractivity (Wildman–Crippen MR) is 63.4 cm³/mol. The van der Waals surface area contributed by atoms with Crippen LogP contribution in [0.2, 0.25) is 0 Å². The van der Waals surface area contributed by atoms with E-state index in [0.29, 0.717) is 0 Å². The van der Waals surface area contributed by atoms with E-state index < -0.39 is 0 Å². The molecule has 0 saturated carbocycles. The van der Waals surface area contributed by atoms with Gasteiger partial charge in [0.2, 0.25) is 0 Å². The van der Waals surface area contributed by atoms with Gasteiger partial charge >= 0.3 is 0 Å². The molecule has 0 aliphatic heterocycles. The molecule has 0 amide bonds. The first-order valence-corrected chi connectivity index (χ1v) is 5.52. The Labute approximate surface area is 95.2 Å². The quantitative estimate of drug-likeness (QED) is 0.747. The average Bonchev–Trinajstić information content (AvgIpc) is 2.73. The van der Waals surface area contributed by atoms with E-state index in [4.69, 9.17) is 4.74 Å². The van der Waals surface area contributed by atoms with Gasteiger partial charge in [-0.1, -0.05) is 6.07 Å². The molecule has 86 valence electrons. The molecule has 0 atom stereocenters. The van der Waals surface area contributed by atoms with Crippen LogP contribution in [0.3, 0.4) is 0 Å². The van der Waals surface area contributed by atoms with E-state index in [2.05, 4.69) is 16.5 Å². The molecule has 0 radical (unpaired) electrons. The van der Waals surface area contributed by atoms with Gasteiger partial charge in [0, 0.05) is 32.0 Å². The van der Waals surface area contributed by atoms with E-state index in [1.54, 1.807) is 7.11 Å². The van der Waals surface area contributed by atoms with Crippen molar-refractivity contribution in [3.63, 3.8) is 0 Å². The standard InChI is InChI=1S/C12H17N3O/c1-16-8-4-6-13-9-11-10-14-15-7-3-2-5-12(11)15/h2-3,5,7,10,13H,4,6,8-9H2,1H3. The average molecular weight is 219 g/mol. The number of pyridine rings is 1. The molecule has 2 aromatic rings. The number of hydrogen-bond acceptors (Lipinski definition) is 3. The highest BCUT2D eigenvalue weighted by Crippen LogP contribution is 2.08. The fourth-order valence-corrected chi connectivity index (χ4v) is 1.69. The summed E-state index contributed by atoms with van der Waals surface area (Å²) < 4.78 is 6.89. The Balaban J connectivity index is 1.89. The Bertz CT molecular complexity index is 439. The van der Waals surface area contributed by atoms with E-state index in [9.17, 15) is 0 Å². The predicted octanol–water partition coefficient (Wildman–Crippen LogP) is 1.46. The number of aromatic nitrogens is 2. The lowest BCUT2D eigenvalue weighted by atomic mass is 10.2. The van der Waals surface area contributed by atoms with Crippen LogP contribution in [0, 0.1) is 0 Å². The van der Waals surface area contributed by atoms with Gasteiger partial charge in [0.05, 0.1) is 11.7 Å². The largest absolute Gasteiger partial charge is 0.385 e. The number of fused-ring (bicyclic) bond motifs is 1. The maximum Gasteiger partial charge on any atom is 0.0706 e. The highest BCUT2D eigenvalue weighted by molar-refractivity contribution is 5.53. The Morgan fingerprint density at radius 3 is 3.25 bits per heavy atom. The first-order valence-electron chi connectivity index (χ1n) is 5.52. The van der Waals surface area contributed by atoms with Crippen LogP contribution in [0.25, 0.3) is 5.52 Å². The van der Waals surface area contributed by atoms with Crippen molar-refractivity contribution in [2.24, 2.45) is 0 Å². The zero-order valence-electron chi connectivity index (χ0n) is 9.52. The lowest BCUT2D eigenvalue weighted by Crippen LogP contribution is -2.15. The van der Waals surface area contributed by atoms with Gasteiger partial charge in [-0.3, -0.25) is 0 Å². The first kappa shape index (κ1) is 11.1. The molecule has 4 nitrogen and oxygen atoms in total.